The Kier molecular flexibility index (Phi) is 3.38. The van der Waals surface area contributed by atoms with E-state index in [1.807, 2.05) is 18.3 Å². The molecule has 1 fully saturated rings. The Bertz CT molecular complexity index is 566. The van der Waals surface area contributed by atoms with Crippen molar-refractivity contribution in [2.45, 2.75) is 19.3 Å². The number of fused-ring (bicyclic) bond motifs is 1. The molecule has 19 heavy (non-hydrogen) atoms. The van der Waals surface area contributed by atoms with Gasteiger partial charge in [0.2, 0.25) is 0 Å². The summed E-state index contributed by atoms with van der Waals surface area (Å²) in [7, 11) is 3.86. The van der Waals surface area contributed by atoms with Gasteiger partial charge in [-0.2, -0.15) is 0 Å². The van der Waals surface area contributed by atoms with Crippen LogP contribution in [-0.4, -0.2) is 46.7 Å². The summed E-state index contributed by atoms with van der Waals surface area (Å²) in [4.78, 5) is 2.40. The van der Waals surface area contributed by atoms with Crippen molar-refractivity contribution >= 4 is 5.65 Å². The highest BCUT2D eigenvalue weighted by atomic mass is 16.5. The van der Waals surface area contributed by atoms with Crippen LogP contribution in [0, 0.1) is 5.92 Å². The Labute approximate surface area is 113 Å². The van der Waals surface area contributed by atoms with Gasteiger partial charge in [-0.05, 0) is 38.4 Å². The summed E-state index contributed by atoms with van der Waals surface area (Å²) < 4.78 is 7.27. The fourth-order valence-electron chi connectivity index (χ4n) is 2.89. The molecule has 1 aliphatic heterocycles. The van der Waals surface area contributed by atoms with E-state index in [0.29, 0.717) is 5.92 Å². The molecule has 102 valence electrons. The number of nitrogens with zero attached hydrogens (tertiary/aromatic N) is 4. The van der Waals surface area contributed by atoms with Gasteiger partial charge in [0.05, 0.1) is 7.11 Å². The zero-order valence-corrected chi connectivity index (χ0v) is 11.5. The fraction of sp³-hybridized carbons (Fsp3) is 0.571. The highest BCUT2D eigenvalue weighted by Gasteiger charge is 2.19. The Morgan fingerprint density at radius 1 is 1.42 bits per heavy atom. The van der Waals surface area contributed by atoms with E-state index < -0.39 is 0 Å². The van der Waals surface area contributed by atoms with Crippen LogP contribution < -0.4 is 4.74 Å². The smallest absolute Gasteiger partial charge is 0.164 e. The van der Waals surface area contributed by atoms with E-state index in [0.717, 1.165) is 30.2 Å². The molecule has 0 aromatic carbocycles. The molecule has 1 unspecified atom stereocenters. The molecule has 0 radical (unpaired) electrons. The Balaban J connectivity index is 1.81. The van der Waals surface area contributed by atoms with Crippen LogP contribution in [0.15, 0.2) is 18.3 Å². The fourth-order valence-corrected chi connectivity index (χ4v) is 2.89. The van der Waals surface area contributed by atoms with Gasteiger partial charge in [-0.1, -0.05) is 0 Å². The second-order valence-electron chi connectivity index (χ2n) is 5.39. The quantitative estimate of drug-likeness (QED) is 0.841. The van der Waals surface area contributed by atoms with Gasteiger partial charge in [0.15, 0.2) is 5.65 Å². The molecule has 5 nitrogen and oxygen atoms in total. The van der Waals surface area contributed by atoms with Crippen LogP contribution in [0.3, 0.4) is 0 Å². The maximum absolute atomic E-state index is 5.21. The molecule has 1 saturated heterocycles. The van der Waals surface area contributed by atoms with Crippen LogP contribution in [0.4, 0.5) is 0 Å². The summed E-state index contributed by atoms with van der Waals surface area (Å²) in [6.07, 6.45) is 5.56. The van der Waals surface area contributed by atoms with Crippen molar-refractivity contribution in [1.29, 1.82) is 0 Å². The summed E-state index contributed by atoms with van der Waals surface area (Å²) in [6.45, 7) is 2.37. The third-order valence-electron chi connectivity index (χ3n) is 3.88. The van der Waals surface area contributed by atoms with Crippen LogP contribution in [0.25, 0.3) is 5.65 Å². The highest BCUT2D eigenvalue weighted by Crippen LogP contribution is 2.20. The molecule has 1 aliphatic rings. The first-order valence-electron chi connectivity index (χ1n) is 6.82. The highest BCUT2D eigenvalue weighted by molar-refractivity contribution is 5.44. The number of methoxy groups -OCH3 is 1. The van der Waals surface area contributed by atoms with E-state index in [2.05, 4.69) is 26.5 Å². The number of aromatic nitrogens is 3. The minimum absolute atomic E-state index is 0.688. The van der Waals surface area contributed by atoms with Crippen molar-refractivity contribution in [2.75, 3.05) is 27.2 Å². The first-order chi connectivity index (χ1) is 9.26. The summed E-state index contributed by atoms with van der Waals surface area (Å²) >= 11 is 0. The summed E-state index contributed by atoms with van der Waals surface area (Å²) in [6, 6.07) is 3.87. The second kappa shape index (κ2) is 5.17. The molecule has 3 rings (SSSR count). The van der Waals surface area contributed by atoms with E-state index in [1.165, 1.54) is 19.4 Å². The van der Waals surface area contributed by atoms with Crippen molar-refractivity contribution < 1.29 is 4.74 Å². The summed E-state index contributed by atoms with van der Waals surface area (Å²) in [5.41, 5.74) is 0.860. The van der Waals surface area contributed by atoms with Gasteiger partial charge >= 0.3 is 0 Å². The molecule has 2 aromatic heterocycles. The lowest BCUT2D eigenvalue weighted by Gasteiger charge is -2.29. The molecule has 0 amide bonds. The molecular formula is C14H20N4O. The molecule has 0 aliphatic carbocycles. The van der Waals surface area contributed by atoms with Gasteiger partial charge in [0.25, 0.3) is 0 Å². The van der Waals surface area contributed by atoms with Crippen LogP contribution in [-0.2, 0) is 6.42 Å². The zero-order chi connectivity index (χ0) is 13.2. The van der Waals surface area contributed by atoms with E-state index in [4.69, 9.17) is 4.74 Å². The first-order valence-corrected chi connectivity index (χ1v) is 6.82. The molecule has 0 spiro atoms. The van der Waals surface area contributed by atoms with E-state index in [9.17, 15) is 0 Å². The molecule has 2 aromatic rings. The average molecular weight is 260 g/mol. The first kappa shape index (κ1) is 12.4. The molecule has 0 bridgehead atoms. The molecule has 0 N–H and O–H groups in total. The van der Waals surface area contributed by atoms with E-state index in [-0.39, 0.29) is 0 Å². The Morgan fingerprint density at radius 2 is 2.32 bits per heavy atom. The molecule has 0 saturated carbocycles. The zero-order valence-electron chi connectivity index (χ0n) is 11.5. The largest absolute Gasteiger partial charge is 0.497 e. The van der Waals surface area contributed by atoms with E-state index >= 15 is 0 Å². The lowest BCUT2D eigenvalue weighted by molar-refractivity contribution is 0.207. The van der Waals surface area contributed by atoms with Gasteiger partial charge < -0.3 is 9.64 Å². The van der Waals surface area contributed by atoms with Gasteiger partial charge in [0.1, 0.15) is 11.6 Å². The number of ether oxygens (including phenoxy) is 1. The maximum Gasteiger partial charge on any atom is 0.164 e. The van der Waals surface area contributed by atoms with E-state index in [1.54, 1.807) is 7.11 Å². The summed E-state index contributed by atoms with van der Waals surface area (Å²) in [5.74, 6) is 2.56. The predicted molar refractivity (Wildman–Crippen MR) is 73.5 cm³/mol. The SMILES string of the molecule is COc1ccn2c(CC3CCCN(C)C3)nnc2c1. The van der Waals surface area contributed by atoms with Gasteiger partial charge in [0, 0.05) is 25.2 Å². The summed E-state index contributed by atoms with van der Waals surface area (Å²) in [5, 5.41) is 8.56. The van der Waals surface area contributed by atoms with Crippen LogP contribution in [0.5, 0.6) is 5.75 Å². The van der Waals surface area contributed by atoms with Crippen LogP contribution >= 0.6 is 0 Å². The normalized spacial score (nSPS) is 20.8. The third kappa shape index (κ3) is 2.56. The molecule has 1 atom stereocenters. The van der Waals surface area contributed by atoms with Gasteiger partial charge in [-0.3, -0.25) is 4.40 Å². The standard InChI is InChI=1S/C14H20N4O/c1-17-6-3-4-11(10-17)8-13-15-16-14-9-12(19-2)5-7-18(13)14/h5,7,9,11H,3-4,6,8,10H2,1-2H3. The van der Waals surface area contributed by atoms with Crippen molar-refractivity contribution in [3.05, 3.63) is 24.2 Å². The Morgan fingerprint density at radius 3 is 3.11 bits per heavy atom. The van der Waals surface area contributed by atoms with Crippen LogP contribution in [0.1, 0.15) is 18.7 Å². The number of piperidine rings is 1. The predicted octanol–water partition coefficient (Wildman–Crippen LogP) is 1.62. The maximum atomic E-state index is 5.21. The lowest BCUT2D eigenvalue weighted by atomic mass is 9.95. The van der Waals surface area contributed by atoms with Crippen molar-refractivity contribution in [2.24, 2.45) is 5.92 Å². The van der Waals surface area contributed by atoms with Crippen molar-refractivity contribution in [1.82, 2.24) is 19.5 Å². The monoisotopic (exact) mass is 260 g/mol. The molecular weight excluding hydrogens is 240 g/mol. The lowest BCUT2D eigenvalue weighted by Crippen LogP contribution is -2.33. The number of likely N-dealkylation sites (tertiary alicyclic amines) is 1. The topological polar surface area (TPSA) is 42.7 Å². The molecule has 5 heteroatoms. The number of hydrogen-bond acceptors (Lipinski definition) is 4. The van der Waals surface area contributed by atoms with Crippen LogP contribution in [0.2, 0.25) is 0 Å². The number of hydrogen-bond donors (Lipinski definition) is 0. The minimum Gasteiger partial charge on any atom is -0.497 e. The van der Waals surface area contributed by atoms with Gasteiger partial charge in [-0.25, -0.2) is 0 Å². The van der Waals surface area contributed by atoms with Gasteiger partial charge in [-0.15, -0.1) is 10.2 Å². The molecule has 3 heterocycles. The average Bonchev–Trinajstić information content (AvgIpc) is 2.81. The third-order valence-corrected chi connectivity index (χ3v) is 3.88. The van der Waals surface area contributed by atoms with Crippen molar-refractivity contribution in [3.8, 4) is 5.75 Å². The second-order valence-corrected chi connectivity index (χ2v) is 5.39. The number of pyridine rings is 1. The Hall–Kier alpha value is -1.62. The van der Waals surface area contributed by atoms with Crippen molar-refractivity contribution in [3.63, 3.8) is 0 Å². The minimum atomic E-state index is 0.688. The number of rotatable bonds is 3.